The van der Waals surface area contributed by atoms with Crippen LogP contribution in [0.2, 0.25) is 0 Å². The molecule has 3 N–H and O–H groups in total. The summed E-state index contributed by atoms with van der Waals surface area (Å²) in [7, 11) is 0. The highest BCUT2D eigenvalue weighted by molar-refractivity contribution is 5.99. The Labute approximate surface area is 105 Å². The van der Waals surface area contributed by atoms with Crippen LogP contribution in [0.5, 0.6) is 5.75 Å². The van der Waals surface area contributed by atoms with Gasteiger partial charge in [-0.05, 0) is 26.0 Å². The van der Waals surface area contributed by atoms with E-state index in [1.807, 2.05) is 13.8 Å². The molecule has 1 atom stereocenters. The molecule has 18 heavy (non-hydrogen) atoms. The minimum absolute atomic E-state index is 0.0848. The van der Waals surface area contributed by atoms with Crippen molar-refractivity contribution in [2.24, 2.45) is 5.73 Å². The summed E-state index contributed by atoms with van der Waals surface area (Å²) in [5, 5.41) is 9.33. The Hall–Kier alpha value is -2.17. The van der Waals surface area contributed by atoms with Crippen LogP contribution in [0.1, 0.15) is 25.5 Å². The molecule has 5 heteroatoms. The van der Waals surface area contributed by atoms with Crippen molar-refractivity contribution in [3.8, 4) is 5.75 Å². The van der Waals surface area contributed by atoms with Crippen LogP contribution in [-0.2, 0) is 9.53 Å². The second-order valence-electron chi connectivity index (χ2n) is 4.31. The van der Waals surface area contributed by atoms with Gasteiger partial charge in [0.1, 0.15) is 5.75 Å². The zero-order valence-electron chi connectivity index (χ0n) is 10.2. The van der Waals surface area contributed by atoms with E-state index in [2.05, 4.69) is 0 Å². The summed E-state index contributed by atoms with van der Waals surface area (Å²) >= 11 is 0. The van der Waals surface area contributed by atoms with Crippen molar-refractivity contribution in [2.45, 2.75) is 26.1 Å². The number of rotatable bonds is 3. The first-order valence-electron chi connectivity index (χ1n) is 5.65. The zero-order valence-corrected chi connectivity index (χ0v) is 10.2. The van der Waals surface area contributed by atoms with E-state index in [0.717, 1.165) is 0 Å². The van der Waals surface area contributed by atoms with Crippen LogP contribution in [0.4, 0.5) is 0 Å². The molecule has 0 saturated heterocycles. The van der Waals surface area contributed by atoms with Crippen molar-refractivity contribution in [3.63, 3.8) is 0 Å². The van der Waals surface area contributed by atoms with E-state index >= 15 is 0 Å². The highest BCUT2D eigenvalue weighted by Crippen LogP contribution is 2.30. The number of nitrogens with two attached hydrogens (primary N) is 1. The molecule has 0 amide bonds. The number of aliphatic hydroxyl groups is 1. The summed E-state index contributed by atoms with van der Waals surface area (Å²) in [5.74, 6) is -0.551. The molecule has 5 nitrogen and oxygen atoms in total. The maximum Gasteiger partial charge on any atom is 0.247 e. The van der Waals surface area contributed by atoms with E-state index in [1.165, 1.54) is 0 Å². The summed E-state index contributed by atoms with van der Waals surface area (Å²) < 4.78 is 10.6. The van der Waals surface area contributed by atoms with Crippen molar-refractivity contribution in [3.05, 3.63) is 41.5 Å². The SMILES string of the molecule is CC(C)Oc1ccc([C@H]2OC(N)=C(O)C2=O)cc1. The smallest absolute Gasteiger partial charge is 0.247 e. The first-order chi connectivity index (χ1) is 8.49. The van der Waals surface area contributed by atoms with Crippen molar-refractivity contribution in [2.75, 3.05) is 0 Å². The van der Waals surface area contributed by atoms with Gasteiger partial charge in [0.2, 0.25) is 17.4 Å². The third-order valence-electron chi connectivity index (χ3n) is 2.50. The number of aliphatic hydroxyl groups excluding tert-OH is 1. The fourth-order valence-electron chi connectivity index (χ4n) is 1.69. The molecular formula is C13H15NO4. The van der Waals surface area contributed by atoms with Crippen LogP contribution in [0.3, 0.4) is 0 Å². The molecule has 0 aliphatic carbocycles. The molecule has 0 radical (unpaired) electrons. The van der Waals surface area contributed by atoms with Gasteiger partial charge in [-0.15, -0.1) is 0 Å². The molecule has 0 saturated carbocycles. The fourth-order valence-corrected chi connectivity index (χ4v) is 1.69. The molecule has 0 aromatic heterocycles. The van der Waals surface area contributed by atoms with E-state index in [0.29, 0.717) is 11.3 Å². The Morgan fingerprint density at radius 1 is 1.33 bits per heavy atom. The number of benzene rings is 1. The van der Waals surface area contributed by atoms with Gasteiger partial charge in [-0.25, -0.2) is 0 Å². The molecule has 2 rings (SSSR count). The molecule has 1 heterocycles. The number of hydrogen-bond donors (Lipinski definition) is 2. The average Bonchev–Trinajstić information content (AvgIpc) is 2.57. The lowest BCUT2D eigenvalue weighted by atomic mass is 10.1. The van der Waals surface area contributed by atoms with Gasteiger partial charge in [0.05, 0.1) is 6.10 Å². The molecule has 0 spiro atoms. The first-order valence-corrected chi connectivity index (χ1v) is 5.65. The van der Waals surface area contributed by atoms with Gasteiger partial charge < -0.3 is 20.3 Å². The van der Waals surface area contributed by atoms with Gasteiger partial charge in [-0.3, -0.25) is 4.79 Å². The van der Waals surface area contributed by atoms with Crippen molar-refractivity contribution in [1.82, 2.24) is 0 Å². The third-order valence-corrected chi connectivity index (χ3v) is 2.50. The van der Waals surface area contributed by atoms with Crippen LogP contribution in [0.25, 0.3) is 0 Å². The van der Waals surface area contributed by atoms with Crippen molar-refractivity contribution < 1.29 is 19.4 Å². The summed E-state index contributed by atoms with van der Waals surface area (Å²) in [6.45, 7) is 3.86. The number of carbonyl (C=O) groups excluding carboxylic acids is 1. The lowest BCUT2D eigenvalue weighted by Gasteiger charge is -2.12. The van der Waals surface area contributed by atoms with Crippen LogP contribution >= 0.6 is 0 Å². The van der Waals surface area contributed by atoms with Crippen molar-refractivity contribution in [1.29, 1.82) is 0 Å². The van der Waals surface area contributed by atoms with Gasteiger partial charge in [-0.1, -0.05) is 12.1 Å². The lowest BCUT2D eigenvalue weighted by Crippen LogP contribution is -2.10. The molecule has 96 valence electrons. The van der Waals surface area contributed by atoms with E-state index in [-0.39, 0.29) is 12.0 Å². The minimum Gasteiger partial charge on any atom is -0.501 e. The second kappa shape index (κ2) is 4.60. The van der Waals surface area contributed by atoms with E-state index in [9.17, 15) is 9.90 Å². The largest absolute Gasteiger partial charge is 0.501 e. The van der Waals surface area contributed by atoms with Gasteiger partial charge in [-0.2, -0.15) is 0 Å². The minimum atomic E-state index is -0.863. The Morgan fingerprint density at radius 2 is 1.94 bits per heavy atom. The number of ether oxygens (including phenoxy) is 2. The van der Waals surface area contributed by atoms with Crippen LogP contribution in [0, 0.1) is 0 Å². The van der Waals surface area contributed by atoms with Crippen molar-refractivity contribution >= 4 is 5.78 Å². The van der Waals surface area contributed by atoms with E-state index < -0.39 is 17.6 Å². The summed E-state index contributed by atoms with van der Waals surface area (Å²) in [6, 6.07) is 6.92. The van der Waals surface area contributed by atoms with Crippen LogP contribution in [0.15, 0.2) is 35.9 Å². The average molecular weight is 249 g/mol. The number of Topliss-reactive ketones (excluding diaryl/α,β-unsaturated/α-hetero) is 1. The Balaban J connectivity index is 2.15. The van der Waals surface area contributed by atoms with Crippen LogP contribution in [-0.4, -0.2) is 17.0 Å². The van der Waals surface area contributed by atoms with Gasteiger partial charge in [0.15, 0.2) is 6.10 Å². The highest BCUT2D eigenvalue weighted by Gasteiger charge is 2.35. The standard InChI is InChI=1S/C13H15NO4/c1-7(2)17-9-5-3-8(4-6-9)12-10(15)11(16)13(14)18-12/h3-7,12,16H,14H2,1-2H3/t12-/m1/s1. The first kappa shape index (κ1) is 12.3. The topological polar surface area (TPSA) is 81.8 Å². The quantitative estimate of drug-likeness (QED) is 0.853. The number of hydrogen-bond acceptors (Lipinski definition) is 5. The monoisotopic (exact) mass is 249 g/mol. The van der Waals surface area contributed by atoms with E-state index in [1.54, 1.807) is 24.3 Å². The summed E-state index contributed by atoms with van der Waals surface area (Å²) in [4.78, 5) is 11.6. The van der Waals surface area contributed by atoms with Gasteiger partial charge >= 0.3 is 0 Å². The summed E-state index contributed by atoms with van der Waals surface area (Å²) in [5.41, 5.74) is 5.98. The predicted octanol–water partition coefficient (Wildman–Crippen LogP) is 1.80. The molecule has 1 aliphatic rings. The molecule has 0 bridgehead atoms. The molecule has 1 aliphatic heterocycles. The number of ketones is 1. The Morgan fingerprint density at radius 3 is 2.39 bits per heavy atom. The third kappa shape index (κ3) is 2.25. The highest BCUT2D eigenvalue weighted by atomic mass is 16.5. The summed E-state index contributed by atoms with van der Waals surface area (Å²) in [6.07, 6.45) is -0.778. The predicted molar refractivity (Wildman–Crippen MR) is 64.9 cm³/mol. The Bertz CT molecular complexity index is 490. The van der Waals surface area contributed by atoms with Gasteiger partial charge in [0, 0.05) is 5.56 Å². The second-order valence-corrected chi connectivity index (χ2v) is 4.31. The van der Waals surface area contributed by atoms with Gasteiger partial charge in [0.25, 0.3) is 0 Å². The maximum absolute atomic E-state index is 11.6. The normalized spacial score (nSPS) is 19.3. The lowest BCUT2D eigenvalue weighted by molar-refractivity contribution is -0.123. The molecule has 0 unspecified atom stereocenters. The molecule has 1 aromatic carbocycles. The van der Waals surface area contributed by atoms with Crippen LogP contribution < -0.4 is 10.5 Å². The molecule has 1 aromatic rings. The fraction of sp³-hybridized carbons (Fsp3) is 0.308. The molecular weight excluding hydrogens is 234 g/mol. The Kier molecular flexibility index (Phi) is 3.14. The van der Waals surface area contributed by atoms with E-state index in [4.69, 9.17) is 15.2 Å². The maximum atomic E-state index is 11.6. The zero-order chi connectivity index (χ0) is 13.3. The molecule has 0 fully saturated rings. The number of carbonyl (C=O) groups is 1.